The number of carbonyl (C=O) groups is 1. The number of nitrogens with zero attached hydrogens (tertiary/aromatic N) is 2. The van der Waals surface area contributed by atoms with E-state index in [-0.39, 0.29) is 5.91 Å². The molecule has 0 aliphatic heterocycles. The molecule has 18 heavy (non-hydrogen) atoms. The lowest BCUT2D eigenvalue weighted by atomic mass is 10.2. The van der Waals surface area contributed by atoms with Gasteiger partial charge >= 0.3 is 0 Å². The molecule has 0 saturated heterocycles. The molecule has 1 aromatic carbocycles. The van der Waals surface area contributed by atoms with Crippen molar-refractivity contribution in [2.45, 2.75) is 6.42 Å². The number of anilines is 1. The maximum atomic E-state index is 11.6. The number of hydrogen-bond acceptors (Lipinski definition) is 4. The maximum Gasteiger partial charge on any atom is 0.225 e. The first-order valence-corrected chi connectivity index (χ1v) is 5.84. The zero-order valence-electron chi connectivity index (χ0n) is 10.5. The number of hydrogen-bond donors (Lipinski definition) is 2. The summed E-state index contributed by atoms with van der Waals surface area (Å²) >= 11 is 0. The van der Waals surface area contributed by atoms with Gasteiger partial charge in [-0.15, -0.1) is 0 Å². The Morgan fingerprint density at radius 1 is 1.39 bits per heavy atom. The van der Waals surface area contributed by atoms with Gasteiger partial charge in [-0.05, 0) is 31.3 Å². The van der Waals surface area contributed by atoms with E-state index in [4.69, 9.17) is 11.0 Å². The summed E-state index contributed by atoms with van der Waals surface area (Å²) in [6.45, 7) is 2.05. The Morgan fingerprint density at radius 2 is 2.06 bits per heavy atom. The summed E-state index contributed by atoms with van der Waals surface area (Å²) in [5.74, 6) is -0.0384. The van der Waals surface area contributed by atoms with Crippen molar-refractivity contribution in [1.29, 1.82) is 5.26 Å². The molecule has 0 fully saturated rings. The second-order valence-electron chi connectivity index (χ2n) is 4.08. The van der Waals surface area contributed by atoms with Crippen molar-refractivity contribution in [3.8, 4) is 6.07 Å². The quantitative estimate of drug-likeness (QED) is 0.777. The SMILES string of the molecule is CN(CCN)CCC(=O)Nc1ccc(C#N)cc1. The fourth-order valence-corrected chi connectivity index (χ4v) is 1.48. The molecule has 0 saturated carbocycles. The number of rotatable bonds is 6. The second-order valence-corrected chi connectivity index (χ2v) is 4.08. The van der Waals surface area contributed by atoms with Crippen molar-refractivity contribution in [2.24, 2.45) is 5.73 Å². The third kappa shape index (κ3) is 4.95. The molecule has 0 unspecified atom stereocenters. The van der Waals surface area contributed by atoms with Gasteiger partial charge in [-0.2, -0.15) is 5.26 Å². The van der Waals surface area contributed by atoms with Crippen LogP contribution in [0.3, 0.4) is 0 Å². The molecular formula is C13H18N4O. The van der Waals surface area contributed by atoms with Gasteiger partial charge in [0.25, 0.3) is 0 Å². The fourth-order valence-electron chi connectivity index (χ4n) is 1.48. The molecule has 0 heterocycles. The average molecular weight is 246 g/mol. The Bertz CT molecular complexity index is 422. The summed E-state index contributed by atoms with van der Waals surface area (Å²) in [6, 6.07) is 8.83. The van der Waals surface area contributed by atoms with Gasteiger partial charge < -0.3 is 16.0 Å². The van der Waals surface area contributed by atoms with Crippen LogP contribution in [-0.4, -0.2) is 37.5 Å². The summed E-state index contributed by atoms with van der Waals surface area (Å²) in [5, 5.41) is 11.4. The lowest BCUT2D eigenvalue weighted by Crippen LogP contribution is -2.28. The number of likely N-dealkylation sites (N-methyl/N-ethyl adjacent to an activating group) is 1. The number of amides is 1. The highest BCUT2D eigenvalue weighted by Crippen LogP contribution is 2.09. The predicted octanol–water partition coefficient (Wildman–Crippen LogP) is 0.777. The third-order valence-corrected chi connectivity index (χ3v) is 2.53. The molecule has 0 aliphatic rings. The van der Waals surface area contributed by atoms with Crippen LogP contribution >= 0.6 is 0 Å². The third-order valence-electron chi connectivity index (χ3n) is 2.53. The number of carbonyl (C=O) groups excluding carboxylic acids is 1. The van der Waals surface area contributed by atoms with Crippen LogP contribution in [0.1, 0.15) is 12.0 Å². The Labute approximate surface area is 107 Å². The zero-order valence-corrected chi connectivity index (χ0v) is 10.5. The maximum absolute atomic E-state index is 11.6. The smallest absolute Gasteiger partial charge is 0.225 e. The normalized spacial score (nSPS) is 10.1. The molecule has 96 valence electrons. The first-order chi connectivity index (χ1) is 8.65. The molecule has 0 atom stereocenters. The van der Waals surface area contributed by atoms with Crippen LogP contribution in [0.25, 0.3) is 0 Å². The largest absolute Gasteiger partial charge is 0.329 e. The summed E-state index contributed by atoms with van der Waals surface area (Å²) in [7, 11) is 1.93. The van der Waals surface area contributed by atoms with E-state index in [0.717, 1.165) is 6.54 Å². The van der Waals surface area contributed by atoms with Crippen molar-refractivity contribution in [3.63, 3.8) is 0 Å². The Kier molecular flexibility index (Phi) is 5.85. The minimum atomic E-state index is -0.0384. The summed E-state index contributed by atoms with van der Waals surface area (Å²) in [5.41, 5.74) is 6.71. The van der Waals surface area contributed by atoms with Crippen LogP contribution < -0.4 is 11.1 Å². The highest BCUT2D eigenvalue weighted by Gasteiger charge is 2.04. The summed E-state index contributed by atoms with van der Waals surface area (Å²) < 4.78 is 0. The molecule has 0 bridgehead atoms. The van der Waals surface area contributed by atoms with Crippen LogP contribution in [0.15, 0.2) is 24.3 Å². The minimum Gasteiger partial charge on any atom is -0.329 e. The molecule has 1 aromatic rings. The van der Waals surface area contributed by atoms with Crippen LogP contribution in [-0.2, 0) is 4.79 Å². The van der Waals surface area contributed by atoms with Crippen LogP contribution in [0, 0.1) is 11.3 Å². The van der Waals surface area contributed by atoms with Crippen molar-refractivity contribution in [2.75, 3.05) is 32.0 Å². The van der Waals surface area contributed by atoms with Crippen molar-refractivity contribution in [3.05, 3.63) is 29.8 Å². The molecular weight excluding hydrogens is 228 g/mol. The van der Waals surface area contributed by atoms with E-state index in [0.29, 0.717) is 30.8 Å². The van der Waals surface area contributed by atoms with Crippen LogP contribution in [0.2, 0.25) is 0 Å². The lowest BCUT2D eigenvalue weighted by Gasteiger charge is -2.14. The van der Waals surface area contributed by atoms with E-state index in [1.165, 1.54) is 0 Å². The Morgan fingerprint density at radius 3 is 2.61 bits per heavy atom. The van der Waals surface area contributed by atoms with E-state index in [2.05, 4.69) is 5.32 Å². The number of nitrogens with two attached hydrogens (primary N) is 1. The Hall–Kier alpha value is -1.90. The first-order valence-electron chi connectivity index (χ1n) is 5.84. The standard InChI is InChI=1S/C13H18N4O/c1-17(9-7-14)8-6-13(18)16-12-4-2-11(10-15)3-5-12/h2-5H,6-9,14H2,1H3,(H,16,18). The molecule has 1 rings (SSSR count). The van der Waals surface area contributed by atoms with Crippen LogP contribution in [0.4, 0.5) is 5.69 Å². The average Bonchev–Trinajstić information content (AvgIpc) is 2.38. The molecule has 3 N–H and O–H groups in total. The van der Waals surface area contributed by atoms with Crippen molar-refractivity contribution in [1.82, 2.24) is 4.90 Å². The minimum absolute atomic E-state index is 0.0384. The van der Waals surface area contributed by atoms with Crippen LogP contribution in [0.5, 0.6) is 0 Å². The fraction of sp³-hybridized carbons (Fsp3) is 0.385. The van der Waals surface area contributed by atoms with Gasteiger partial charge in [-0.1, -0.05) is 0 Å². The second kappa shape index (κ2) is 7.43. The number of nitrogens with one attached hydrogen (secondary N) is 1. The molecule has 0 aromatic heterocycles. The van der Waals surface area contributed by atoms with Gasteiger partial charge in [0.2, 0.25) is 5.91 Å². The van der Waals surface area contributed by atoms with Gasteiger partial charge in [0.1, 0.15) is 0 Å². The monoisotopic (exact) mass is 246 g/mol. The van der Waals surface area contributed by atoms with Gasteiger partial charge in [0, 0.05) is 31.7 Å². The van der Waals surface area contributed by atoms with Gasteiger partial charge in [0.05, 0.1) is 11.6 Å². The Balaban J connectivity index is 2.37. The molecule has 0 spiro atoms. The zero-order chi connectivity index (χ0) is 13.4. The molecule has 5 heteroatoms. The highest BCUT2D eigenvalue weighted by molar-refractivity contribution is 5.90. The molecule has 5 nitrogen and oxygen atoms in total. The predicted molar refractivity (Wildman–Crippen MR) is 71.0 cm³/mol. The number of benzene rings is 1. The highest BCUT2D eigenvalue weighted by atomic mass is 16.1. The first kappa shape index (κ1) is 14.2. The molecule has 0 radical (unpaired) electrons. The molecule has 0 aliphatic carbocycles. The summed E-state index contributed by atoms with van der Waals surface area (Å²) in [4.78, 5) is 13.7. The van der Waals surface area contributed by atoms with Crippen molar-refractivity contribution >= 4 is 11.6 Å². The topological polar surface area (TPSA) is 82.2 Å². The van der Waals surface area contributed by atoms with E-state index < -0.39 is 0 Å². The van der Waals surface area contributed by atoms with Crippen molar-refractivity contribution < 1.29 is 4.79 Å². The summed E-state index contributed by atoms with van der Waals surface area (Å²) in [6.07, 6.45) is 0.427. The van der Waals surface area contributed by atoms with Gasteiger partial charge in [-0.3, -0.25) is 4.79 Å². The number of nitriles is 1. The van der Waals surface area contributed by atoms with E-state index in [1.54, 1.807) is 24.3 Å². The lowest BCUT2D eigenvalue weighted by molar-refractivity contribution is -0.116. The van der Waals surface area contributed by atoms with Gasteiger partial charge in [0.15, 0.2) is 0 Å². The van der Waals surface area contributed by atoms with E-state index in [1.807, 2.05) is 18.0 Å². The molecule has 1 amide bonds. The van der Waals surface area contributed by atoms with E-state index >= 15 is 0 Å². The van der Waals surface area contributed by atoms with E-state index in [9.17, 15) is 4.79 Å². The van der Waals surface area contributed by atoms with Gasteiger partial charge in [-0.25, -0.2) is 0 Å².